The van der Waals surface area contributed by atoms with Gasteiger partial charge in [0.1, 0.15) is 5.82 Å². The molecule has 0 aliphatic heterocycles. The first-order valence-corrected chi connectivity index (χ1v) is 6.98. The minimum Gasteiger partial charge on any atom is -0.396 e. The zero-order chi connectivity index (χ0) is 14.9. The number of aromatic nitrogens is 1. The highest BCUT2D eigenvalue weighted by atomic mass is 32.1. The number of hydrogen-bond donors (Lipinski definition) is 2. The number of amides is 1. The van der Waals surface area contributed by atoms with Crippen LogP contribution in [0.5, 0.6) is 0 Å². The van der Waals surface area contributed by atoms with Gasteiger partial charge in [-0.25, -0.2) is 9.37 Å². The first kappa shape index (κ1) is 14.5. The van der Waals surface area contributed by atoms with Crippen molar-refractivity contribution in [3.8, 4) is 0 Å². The second-order valence-corrected chi connectivity index (χ2v) is 6.34. The molecule has 0 bridgehead atoms. The monoisotopic (exact) mass is 293 g/mol. The SMILES string of the molecule is CC(C)(C)c1csc(NC(=O)c2ccc(F)c(N)c2)n1. The predicted molar refractivity (Wildman–Crippen MR) is 79.6 cm³/mol. The fourth-order valence-electron chi connectivity index (χ4n) is 1.53. The first-order chi connectivity index (χ1) is 9.27. The Hall–Kier alpha value is -1.95. The highest BCUT2D eigenvalue weighted by molar-refractivity contribution is 7.14. The molecule has 3 N–H and O–H groups in total. The summed E-state index contributed by atoms with van der Waals surface area (Å²) in [5.41, 5.74) is 6.54. The Balaban J connectivity index is 2.15. The van der Waals surface area contributed by atoms with E-state index in [0.717, 1.165) is 5.69 Å². The minimum atomic E-state index is -0.536. The molecule has 1 heterocycles. The number of hydrogen-bond acceptors (Lipinski definition) is 4. The number of anilines is 2. The number of rotatable bonds is 2. The highest BCUT2D eigenvalue weighted by Crippen LogP contribution is 2.26. The third-order valence-electron chi connectivity index (χ3n) is 2.75. The Bertz CT molecular complexity index is 646. The smallest absolute Gasteiger partial charge is 0.257 e. The minimum absolute atomic E-state index is 0.0489. The Morgan fingerprint density at radius 2 is 2.10 bits per heavy atom. The Labute approximate surface area is 120 Å². The van der Waals surface area contributed by atoms with Gasteiger partial charge in [-0.2, -0.15) is 0 Å². The predicted octanol–water partition coefficient (Wildman–Crippen LogP) is 3.41. The molecule has 0 fully saturated rings. The summed E-state index contributed by atoms with van der Waals surface area (Å²) in [6.45, 7) is 6.15. The van der Waals surface area contributed by atoms with Gasteiger partial charge in [-0.15, -0.1) is 11.3 Å². The van der Waals surface area contributed by atoms with Gasteiger partial charge in [0, 0.05) is 16.4 Å². The molecule has 0 radical (unpaired) electrons. The summed E-state index contributed by atoms with van der Waals surface area (Å²) in [4.78, 5) is 16.4. The standard InChI is InChI=1S/C14H16FN3OS/c1-14(2,3)11-7-20-13(17-11)18-12(19)8-4-5-9(15)10(16)6-8/h4-7H,16H2,1-3H3,(H,17,18,19). The summed E-state index contributed by atoms with van der Waals surface area (Å²) < 4.78 is 13.1. The largest absolute Gasteiger partial charge is 0.396 e. The molecule has 1 amide bonds. The number of nitrogens with one attached hydrogen (secondary N) is 1. The third-order valence-corrected chi connectivity index (χ3v) is 3.51. The van der Waals surface area contributed by atoms with Gasteiger partial charge in [0.05, 0.1) is 11.4 Å². The van der Waals surface area contributed by atoms with Crippen molar-refractivity contribution in [2.75, 3.05) is 11.1 Å². The number of carbonyl (C=O) groups is 1. The lowest BCUT2D eigenvalue weighted by Gasteiger charge is -2.14. The molecule has 1 aromatic heterocycles. The second kappa shape index (κ2) is 5.20. The van der Waals surface area contributed by atoms with E-state index in [4.69, 9.17) is 5.73 Å². The summed E-state index contributed by atoms with van der Waals surface area (Å²) >= 11 is 1.36. The Kier molecular flexibility index (Phi) is 3.76. The number of nitrogens with zero attached hydrogens (tertiary/aromatic N) is 1. The molecule has 4 nitrogen and oxygen atoms in total. The lowest BCUT2D eigenvalue weighted by molar-refractivity contribution is 0.102. The molecule has 0 aliphatic rings. The van der Waals surface area contributed by atoms with Gasteiger partial charge in [0.2, 0.25) is 0 Å². The van der Waals surface area contributed by atoms with Crippen LogP contribution >= 0.6 is 11.3 Å². The van der Waals surface area contributed by atoms with Crippen LogP contribution in [0.3, 0.4) is 0 Å². The lowest BCUT2D eigenvalue weighted by atomic mass is 9.93. The van der Waals surface area contributed by atoms with Crippen LogP contribution in [0, 0.1) is 5.82 Å². The summed E-state index contributed by atoms with van der Waals surface area (Å²) in [5.74, 6) is -0.891. The van der Waals surface area contributed by atoms with Crippen LogP contribution in [0.25, 0.3) is 0 Å². The molecular formula is C14H16FN3OS. The average Bonchev–Trinajstić information content (AvgIpc) is 2.81. The molecular weight excluding hydrogens is 277 g/mol. The topological polar surface area (TPSA) is 68.0 Å². The summed E-state index contributed by atoms with van der Waals surface area (Å²) in [5, 5.41) is 5.12. The van der Waals surface area contributed by atoms with Crippen molar-refractivity contribution in [1.82, 2.24) is 4.98 Å². The Morgan fingerprint density at radius 3 is 2.65 bits per heavy atom. The number of halogens is 1. The van der Waals surface area contributed by atoms with E-state index in [2.05, 4.69) is 10.3 Å². The molecule has 0 saturated carbocycles. The van der Waals surface area contributed by atoms with Gasteiger partial charge >= 0.3 is 0 Å². The van der Waals surface area contributed by atoms with E-state index >= 15 is 0 Å². The van der Waals surface area contributed by atoms with Gasteiger partial charge < -0.3 is 5.73 Å². The van der Waals surface area contributed by atoms with Crippen molar-refractivity contribution >= 4 is 28.1 Å². The van der Waals surface area contributed by atoms with E-state index in [1.165, 1.54) is 29.5 Å². The highest BCUT2D eigenvalue weighted by Gasteiger charge is 2.18. The van der Waals surface area contributed by atoms with Crippen LogP contribution < -0.4 is 11.1 Å². The van der Waals surface area contributed by atoms with Crippen LogP contribution in [0.1, 0.15) is 36.8 Å². The maximum Gasteiger partial charge on any atom is 0.257 e. The van der Waals surface area contributed by atoms with Crippen molar-refractivity contribution in [2.24, 2.45) is 0 Å². The first-order valence-electron chi connectivity index (χ1n) is 6.10. The molecule has 0 spiro atoms. The quantitative estimate of drug-likeness (QED) is 0.834. The zero-order valence-corrected chi connectivity index (χ0v) is 12.3. The fraction of sp³-hybridized carbons (Fsp3) is 0.286. The van der Waals surface area contributed by atoms with Gasteiger partial charge in [0.15, 0.2) is 5.13 Å². The second-order valence-electron chi connectivity index (χ2n) is 5.48. The third kappa shape index (κ3) is 3.14. The van der Waals surface area contributed by atoms with Crippen LogP contribution in [0.2, 0.25) is 0 Å². The maximum absolute atomic E-state index is 13.1. The lowest BCUT2D eigenvalue weighted by Crippen LogP contribution is -2.14. The zero-order valence-electron chi connectivity index (χ0n) is 11.5. The van der Waals surface area contributed by atoms with Crippen LogP contribution in [-0.4, -0.2) is 10.9 Å². The van der Waals surface area contributed by atoms with Gasteiger partial charge in [-0.1, -0.05) is 20.8 Å². The van der Waals surface area contributed by atoms with Gasteiger partial charge in [0.25, 0.3) is 5.91 Å². The summed E-state index contributed by atoms with van der Waals surface area (Å²) in [7, 11) is 0. The number of carbonyl (C=O) groups excluding carboxylic acids is 1. The van der Waals surface area contributed by atoms with Crippen molar-refractivity contribution in [2.45, 2.75) is 26.2 Å². The van der Waals surface area contributed by atoms with Gasteiger partial charge in [-0.05, 0) is 18.2 Å². The molecule has 1 aromatic carbocycles. The van der Waals surface area contributed by atoms with Crippen LogP contribution in [-0.2, 0) is 5.41 Å². The number of benzene rings is 1. The number of nitrogens with two attached hydrogens (primary N) is 1. The van der Waals surface area contributed by atoms with E-state index in [9.17, 15) is 9.18 Å². The molecule has 2 aromatic rings. The molecule has 20 heavy (non-hydrogen) atoms. The molecule has 0 atom stereocenters. The normalized spacial score (nSPS) is 11.4. The maximum atomic E-state index is 13.1. The fourth-order valence-corrected chi connectivity index (χ4v) is 2.46. The van der Waals surface area contributed by atoms with E-state index in [0.29, 0.717) is 10.7 Å². The van der Waals surface area contributed by atoms with E-state index in [-0.39, 0.29) is 17.0 Å². The Morgan fingerprint density at radius 1 is 1.40 bits per heavy atom. The molecule has 2 rings (SSSR count). The van der Waals surface area contributed by atoms with E-state index in [1.54, 1.807) is 0 Å². The molecule has 6 heteroatoms. The molecule has 0 saturated heterocycles. The van der Waals surface area contributed by atoms with Crippen LogP contribution in [0.15, 0.2) is 23.6 Å². The van der Waals surface area contributed by atoms with Crippen molar-refractivity contribution < 1.29 is 9.18 Å². The van der Waals surface area contributed by atoms with E-state index in [1.807, 2.05) is 26.2 Å². The van der Waals surface area contributed by atoms with Crippen molar-refractivity contribution in [3.63, 3.8) is 0 Å². The van der Waals surface area contributed by atoms with Gasteiger partial charge in [-0.3, -0.25) is 10.1 Å². The molecule has 106 valence electrons. The average molecular weight is 293 g/mol. The van der Waals surface area contributed by atoms with E-state index < -0.39 is 5.82 Å². The number of thiazole rings is 1. The van der Waals surface area contributed by atoms with Crippen molar-refractivity contribution in [1.29, 1.82) is 0 Å². The van der Waals surface area contributed by atoms with Crippen molar-refractivity contribution in [3.05, 3.63) is 40.7 Å². The number of nitrogen functional groups attached to an aromatic ring is 1. The summed E-state index contributed by atoms with van der Waals surface area (Å²) in [6, 6.07) is 3.87. The molecule has 0 unspecified atom stereocenters. The summed E-state index contributed by atoms with van der Waals surface area (Å²) in [6.07, 6.45) is 0. The van der Waals surface area contributed by atoms with Crippen LogP contribution in [0.4, 0.5) is 15.2 Å². The molecule has 0 aliphatic carbocycles.